The van der Waals surface area contributed by atoms with Crippen LogP contribution >= 0.6 is 0 Å². The SMILES string of the molecule is Cc1cc(-c2cncc(C(=O)NC3COC3)c2)nc2c1C(=O)N(c1cnn(CC(F)(F)F)c1)C2(C)C. The third-order valence-electron chi connectivity index (χ3n) is 6.26. The van der Waals surface area contributed by atoms with Gasteiger partial charge < -0.3 is 10.1 Å². The summed E-state index contributed by atoms with van der Waals surface area (Å²) in [4.78, 5) is 36.3. The van der Waals surface area contributed by atoms with Gasteiger partial charge in [-0.15, -0.1) is 0 Å². The second kappa shape index (κ2) is 8.40. The Hall–Kier alpha value is -3.80. The normalized spacial score (nSPS) is 17.2. The van der Waals surface area contributed by atoms with Crippen LogP contribution in [0.5, 0.6) is 0 Å². The Kier molecular flexibility index (Phi) is 5.58. The fraction of sp³-hybridized carbons (Fsp3) is 0.375. The molecule has 0 bridgehead atoms. The molecule has 36 heavy (non-hydrogen) atoms. The molecule has 2 aliphatic heterocycles. The van der Waals surface area contributed by atoms with Crippen molar-refractivity contribution in [2.75, 3.05) is 18.1 Å². The minimum Gasteiger partial charge on any atom is -0.377 e. The molecule has 2 aliphatic rings. The van der Waals surface area contributed by atoms with Gasteiger partial charge in [0.15, 0.2) is 0 Å². The lowest BCUT2D eigenvalue weighted by molar-refractivity contribution is -0.142. The van der Waals surface area contributed by atoms with Crippen LogP contribution in [0.2, 0.25) is 0 Å². The van der Waals surface area contributed by atoms with Gasteiger partial charge in [-0.3, -0.25) is 24.2 Å². The van der Waals surface area contributed by atoms with Crippen molar-refractivity contribution in [2.24, 2.45) is 0 Å². The van der Waals surface area contributed by atoms with Gasteiger partial charge in [0.25, 0.3) is 11.8 Å². The van der Waals surface area contributed by atoms with Crippen LogP contribution < -0.4 is 10.2 Å². The summed E-state index contributed by atoms with van der Waals surface area (Å²) in [6.45, 7) is 5.01. The first-order valence-corrected chi connectivity index (χ1v) is 11.2. The molecule has 188 valence electrons. The number of rotatable bonds is 5. The zero-order valence-corrected chi connectivity index (χ0v) is 19.8. The Morgan fingerprint density at radius 2 is 1.97 bits per heavy atom. The number of anilines is 1. The highest BCUT2D eigenvalue weighted by Crippen LogP contribution is 2.43. The van der Waals surface area contributed by atoms with Gasteiger partial charge in [-0.1, -0.05) is 0 Å². The summed E-state index contributed by atoms with van der Waals surface area (Å²) in [7, 11) is 0. The van der Waals surface area contributed by atoms with Gasteiger partial charge in [0.2, 0.25) is 0 Å². The van der Waals surface area contributed by atoms with E-state index in [9.17, 15) is 22.8 Å². The van der Waals surface area contributed by atoms with Crippen LogP contribution in [0, 0.1) is 6.92 Å². The van der Waals surface area contributed by atoms with Crippen LogP contribution in [0.1, 0.15) is 45.8 Å². The number of nitrogens with one attached hydrogen (secondary N) is 1. The maximum Gasteiger partial charge on any atom is 0.408 e. The highest BCUT2D eigenvalue weighted by molar-refractivity contribution is 6.12. The Bertz CT molecular complexity index is 1360. The number of hydrogen-bond donors (Lipinski definition) is 1. The second-order valence-corrected chi connectivity index (χ2v) is 9.43. The van der Waals surface area contributed by atoms with Gasteiger partial charge in [0.1, 0.15) is 6.54 Å². The van der Waals surface area contributed by atoms with Gasteiger partial charge in [0.05, 0.1) is 59.2 Å². The summed E-state index contributed by atoms with van der Waals surface area (Å²) in [6, 6.07) is 3.39. The predicted octanol–water partition coefficient (Wildman–Crippen LogP) is 3.23. The number of ether oxygens (including phenoxy) is 1. The van der Waals surface area contributed by atoms with E-state index in [0.29, 0.717) is 46.9 Å². The van der Waals surface area contributed by atoms with E-state index in [1.165, 1.54) is 23.5 Å². The molecule has 5 heterocycles. The number of alkyl halides is 3. The van der Waals surface area contributed by atoms with E-state index in [4.69, 9.17) is 9.72 Å². The first kappa shape index (κ1) is 23.9. The molecule has 0 unspecified atom stereocenters. The topological polar surface area (TPSA) is 102 Å². The van der Waals surface area contributed by atoms with Crippen molar-refractivity contribution in [3.63, 3.8) is 0 Å². The van der Waals surface area contributed by atoms with Crippen molar-refractivity contribution in [1.82, 2.24) is 25.1 Å². The lowest BCUT2D eigenvalue weighted by Gasteiger charge is -2.30. The number of fused-ring (bicyclic) bond motifs is 1. The minimum absolute atomic E-state index is 0.0280. The van der Waals surface area contributed by atoms with Crippen LogP contribution in [-0.4, -0.2) is 57.0 Å². The van der Waals surface area contributed by atoms with Crippen LogP contribution in [-0.2, 0) is 16.8 Å². The average molecular weight is 500 g/mol. The smallest absolute Gasteiger partial charge is 0.377 e. The number of carbonyl (C=O) groups excluding carboxylic acids is 2. The highest BCUT2D eigenvalue weighted by atomic mass is 19.4. The molecule has 1 fully saturated rings. The number of aryl methyl sites for hydroxylation is 1. The Morgan fingerprint density at radius 1 is 1.22 bits per heavy atom. The first-order valence-electron chi connectivity index (χ1n) is 11.2. The second-order valence-electron chi connectivity index (χ2n) is 9.43. The maximum atomic E-state index is 13.4. The van der Waals surface area contributed by atoms with E-state index in [-0.39, 0.29) is 23.5 Å². The molecule has 1 saturated heterocycles. The van der Waals surface area contributed by atoms with E-state index >= 15 is 0 Å². The number of halogens is 3. The fourth-order valence-corrected chi connectivity index (χ4v) is 4.47. The van der Waals surface area contributed by atoms with Gasteiger partial charge in [-0.05, 0) is 38.5 Å². The number of hydrogen-bond acceptors (Lipinski definition) is 6. The van der Waals surface area contributed by atoms with E-state index in [0.717, 1.165) is 4.68 Å². The molecular weight excluding hydrogens is 477 g/mol. The average Bonchev–Trinajstić information content (AvgIpc) is 3.28. The van der Waals surface area contributed by atoms with Crippen LogP contribution in [0.3, 0.4) is 0 Å². The molecule has 9 nitrogen and oxygen atoms in total. The standard InChI is InChI=1S/C24H23F3N6O3/c1-13-4-18(14-5-15(7-28-6-14)21(34)30-16-10-36-11-16)31-20-19(13)22(35)33(23(20,2)3)17-8-29-32(9-17)12-24(25,26)27/h4-9,16H,10-12H2,1-3H3,(H,30,34). The van der Waals surface area contributed by atoms with Gasteiger partial charge in [-0.25, -0.2) is 4.98 Å². The van der Waals surface area contributed by atoms with Gasteiger partial charge in [-0.2, -0.15) is 18.3 Å². The van der Waals surface area contributed by atoms with Crippen molar-refractivity contribution in [3.05, 3.63) is 59.3 Å². The molecule has 0 radical (unpaired) electrons. The van der Waals surface area contributed by atoms with Crippen molar-refractivity contribution >= 4 is 17.5 Å². The fourth-order valence-electron chi connectivity index (χ4n) is 4.47. The molecule has 0 aromatic carbocycles. The number of nitrogens with zero attached hydrogens (tertiary/aromatic N) is 5. The van der Waals surface area contributed by atoms with Crippen molar-refractivity contribution in [2.45, 2.75) is 45.1 Å². The lowest BCUT2D eigenvalue weighted by atomic mass is 9.96. The Labute approximate surface area is 204 Å². The quantitative estimate of drug-likeness (QED) is 0.577. The highest BCUT2D eigenvalue weighted by Gasteiger charge is 2.47. The third kappa shape index (κ3) is 4.21. The zero-order chi connectivity index (χ0) is 25.8. The Balaban J connectivity index is 1.48. The molecule has 3 aromatic rings. The summed E-state index contributed by atoms with van der Waals surface area (Å²) < 4.78 is 44.3. The number of aromatic nitrogens is 4. The van der Waals surface area contributed by atoms with Gasteiger partial charge in [0, 0.05) is 24.2 Å². The first-order chi connectivity index (χ1) is 16.9. The minimum atomic E-state index is -4.44. The lowest BCUT2D eigenvalue weighted by Crippen LogP contribution is -2.48. The molecule has 12 heteroatoms. The summed E-state index contributed by atoms with van der Waals surface area (Å²) in [5.41, 5.74) is 2.29. The summed E-state index contributed by atoms with van der Waals surface area (Å²) in [5, 5.41) is 6.65. The molecule has 0 aliphatic carbocycles. The van der Waals surface area contributed by atoms with Crippen molar-refractivity contribution in [1.29, 1.82) is 0 Å². The maximum absolute atomic E-state index is 13.4. The van der Waals surface area contributed by atoms with E-state index in [2.05, 4.69) is 15.4 Å². The number of carbonyl (C=O) groups is 2. The number of amides is 2. The summed E-state index contributed by atoms with van der Waals surface area (Å²) in [5.74, 6) is -0.639. The molecule has 0 saturated carbocycles. The molecule has 5 rings (SSSR count). The molecular formula is C24H23F3N6O3. The third-order valence-corrected chi connectivity index (χ3v) is 6.26. The monoisotopic (exact) mass is 500 g/mol. The zero-order valence-electron chi connectivity index (χ0n) is 19.8. The molecule has 3 aromatic heterocycles. The van der Waals surface area contributed by atoms with Crippen LogP contribution in [0.15, 0.2) is 36.9 Å². The summed E-state index contributed by atoms with van der Waals surface area (Å²) >= 11 is 0. The van der Waals surface area contributed by atoms with Crippen LogP contribution in [0.25, 0.3) is 11.3 Å². The molecule has 0 spiro atoms. The van der Waals surface area contributed by atoms with E-state index in [1.54, 1.807) is 39.1 Å². The Morgan fingerprint density at radius 3 is 2.64 bits per heavy atom. The predicted molar refractivity (Wildman–Crippen MR) is 122 cm³/mol. The number of pyridine rings is 2. The molecule has 2 amide bonds. The molecule has 0 atom stereocenters. The van der Waals surface area contributed by atoms with Crippen molar-refractivity contribution in [3.8, 4) is 11.3 Å². The van der Waals surface area contributed by atoms with Crippen molar-refractivity contribution < 1.29 is 27.5 Å². The van der Waals surface area contributed by atoms with E-state index < -0.39 is 18.3 Å². The van der Waals surface area contributed by atoms with Crippen LogP contribution in [0.4, 0.5) is 18.9 Å². The van der Waals surface area contributed by atoms with E-state index in [1.807, 2.05) is 0 Å². The largest absolute Gasteiger partial charge is 0.408 e. The summed E-state index contributed by atoms with van der Waals surface area (Å²) in [6.07, 6.45) is 1.06. The molecule has 1 N–H and O–H groups in total. The van der Waals surface area contributed by atoms with Gasteiger partial charge >= 0.3 is 6.18 Å².